The highest BCUT2D eigenvalue weighted by Gasteiger charge is 2.35. The molecular weight excluding hydrogens is 212 g/mol. The van der Waals surface area contributed by atoms with Crippen LogP contribution < -0.4 is 0 Å². The van der Waals surface area contributed by atoms with Gasteiger partial charge in [-0.1, -0.05) is 20.8 Å². The first-order chi connectivity index (χ1) is 8.24. The Hall–Kier alpha value is -0.120. The predicted molar refractivity (Wildman–Crippen MR) is 73.5 cm³/mol. The van der Waals surface area contributed by atoms with Crippen LogP contribution in [0.5, 0.6) is 0 Å². The van der Waals surface area contributed by atoms with Crippen LogP contribution in [0.3, 0.4) is 0 Å². The molecule has 2 aliphatic rings. The summed E-state index contributed by atoms with van der Waals surface area (Å²) in [5.74, 6) is 0. The molecule has 2 heterocycles. The first-order valence-corrected chi connectivity index (χ1v) is 7.30. The normalized spacial score (nSPS) is 26.1. The van der Waals surface area contributed by atoms with E-state index >= 15 is 0 Å². The fourth-order valence-electron chi connectivity index (χ4n) is 2.77. The van der Waals surface area contributed by atoms with Gasteiger partial charge >= 0.3 is 0 Å². The molecule has 2 saturated heterocycles. The van der Waals surface area contributed by atoms with E-state index in [1.807, 2.05) is 13.8 Å². The van der Waals surface area contributed by atoms with Crippen molar-refractivity contribution in [3.05, 3.63) is 0 Å². The molecule has 0 unspecified atom stereocenters. The molecule has 0 aromatic heterocycles. The molecule has 0 saturated carbocycles. The number of hydrogen-bond donors (Lipinski definition) is 0. The maximum absolute atomic E-state index is 5.43. The third kappa shape index (κ3) is 3.94. The van der Waals surface area contributed by atoms with E-state index in [2.05, 4.69) is 23.6 Å². The Labute approximate surface area is 107 Å². The zero-order valence-corrected chi connectivity index (χ0v) is 12.2. The van der Waals surface area contributed by atoms with E-state index in [1.165, 1.54) is 32.5 Å². The van der Waals surface area contributed by atoms with Crippen molar-refractivity contribution >= 4 is 0 Å². The summed E-state index contributed by atoms with van der Waals surface area (Å²) in [6.45, 7) is 16.5. The van der Waals surface area contributed by atoms with Gasteiger partial charge in [0.05, 0.1) is 13.2 Å². The molecule has 0 N–H and O–H groups in total. The summed E-state index contributed by atoms with van der Waals surface area (Å²) >= 11 is 0. The van der Waals surface area contributed by atoms with Crippen LogP contribution in [-0.4, -0.2) is 61.3 Å². The van der Waals surface area contributed by atoms with Gasteiger partial charge in [-0.15, -0.1) is 0 Å². The molecule has 0 aliphatic carbocycles. The SMILES string of the molecule is CC.CCN1CCC(C)(N2CCOCC2)CC1. The van der Waals surface area contributed by atoms with Crippen molar-refractivity contribution in [2.24, 2.45) is 0 Å². The fourth-order valence-corrected chi connectivity index (χ4v) is 2.77. The van der Waals surface area contributed by atoms with Gasteiger partial charge in [0.2, 0.25) is 0 Å². The summed E-state index contributed by atoms with van der Waals surface area (Å²) in [6.07, 6.45) is 2.64. The molecule has 0 atom stereocenters. The minimum Gasteiger partial charge on any atom is -0.379 e. The fraction of sp³-hybridized carbons (Fsp3) is 1.00. The zero-order chi connectivity index (χ0) is 12.7. The third-order valence-corrected chi connectivity index (χ3v) is 4.15. The summed E-state index contributed by atoms with van der Waals surface area (Å²) in [5.41, 5.74) is 0.440. The van der Waals surface area contributed by atoms with Gasteiger partial charge in [0.1, 0.15) is 0 Å². The molecule has 17 heavy (non-hydrogen) atoms. The number of nitrogens with zero attached hydrogens (tertiary/aromatic N) is 2. The first kappa shape index (κ1) is 14.9. The van der Waals surface area contributed by atoms with Crippen molar-refractivity contribution in [2.45, 2.75) is 46.1 Å². The van der Waals surface area contributed by atoms with Crippen molar-refractivity contribution in [1.29, 1.82) is 0 Å². The van der Waals surface area contributed by atoms with Crippen LogP contribution in [-0.2, 0) is 4.74 Å². The molecule has 0 radical (unpaired) electrons. The Kier molecular flexibility index (Phi) is 6.45. The van der Waals surface area contributed by atoms with Crippen molar-refractivity contribution in [3.8, 4) is 0 Å². The zero-order valence-electron chi connectivity index (χ0n) is 12.2. The first-order valence-electron chi connectivity index (χ1n) is 7.30. The lowest BCUT2D eigenvalue weighted by atomic mass is 9.87. The Balaban J connectivity index is 0.000000686. The molecule has 0 aromatic rings. The second-order valence-electron chi connectivity index (χ2n) is 5.03. The molecule has 2 fully saturated rings. The predicted octanol–water partition coefficient (Wildman–Crippen LogP) is 2.22. The highest BCUT2D eigenvalue weighted by molar-refractivity contribution is 4.92. The topological polar surface area (TPSA) is 15.7 Å². The van der Waals surface area contributed by atoms with Crippen molar-refractivity contribution in [1.82, 2.24) is 9.80 Å². The van der Waals surface area contributed by atoms with Crippen LogP contribution in [0.15, 0.2) is 0 Å². The monoisotopic (exact) mass is 242 g/mol. The van der Waals surface area contributed by atoms with Gasteiger partial charge in [-0.25, -0.2) is 0 Å². The standard InChI is InChI=1S/C12H24N2O.C2H6/c1-3-13-6-4-12(2,5-7-13)14-8-10-15-11-9-14;1-2/h3-11H2,1-2H3;1-2H3. The molecule has 3 nitrogen and oxygen atoms in total. The van der Waals surface area contributed by atoms with E-state index in [-0.39, 0.29) is 0 Å². The third-order valence-electron chi connectivity index (χ3n) is 4.15. The lowest BCUT2D eigenvalue weighted by molar-refractivity contribution is -0.0391. The highest BCUT2D eigenvalue weighted by atomic mass is 16.5. The van der Waals surface area contributed by atoms with E-state index in [0.29, 0.717) is 5.54 Å². The second kappa shape index (κ2) is 7.34. The minimum absolute atomic E-state index is 0.440. The van der Waals surface area contributed by atoms with E-state index in [0.717, 1.165) is 26.3 Å². The van der Waals surface area contributed by atoms with Gasteiger partial charge in [-0.3, -0.25) is 4.90 Å². The van der Waals surface area contributed by atoms with Crippen molar-refractivity contribution in [2.75, 3.05) is 45.9 Å². The molecule has 0 bridgehead atoms. The molecule has 0 aromatic carbocycles. The summed E-state index contributed by atoms with van der Waals surface area (Å²) in [6, 6.07) is 0. The smallest absolute Gasteiger partial charge is 0.0594 e. The van der Waals surface area contributed by atoms with E-state index in [1.54, 1.807) is 0 Å². The van der Waals surface area contributed by atoms with Gasteiger partial charge < -0.3 is 9.64 Å². The van der Waals surface area contributed by atoms with E-state index in [4.69, 9.17) is 4.74 Å². The highest BCUT2D eigenvalue weighted by Crippen LogP contribution is 2.28. The van der Waals surface area contributed by atoms with Gasteiger partial charge in [0.15, 0.2) is 0 Å². The van der Waals surface area contributed by atoms with E-state index < -0.39 is 0 Å². The van der Waals surface area contributed by atoms with Crippen LogP contribution in [0.25, 0.3) is 0 Å². The van der Waals surface area contributed by atoms with Crippen molar-refractivity contribution < 1.29 is 4.74 Å². The summed E-state index contributed by atoms with van der Waals surface area (Å²) in [4.78, 5) is 5.20. The largest absolute Gasteiger partial charge is 0.379 e. The van der Waals surface area contributed by atoms with Crippen LogP contribution in [0.1, 0.15) is 40.5 Å². The summed E-state index contributed by atoms with van der Waals surface area (Å²) in [5, 5.41) is 0. The Bertz CT molecular complexity index is 194. The maximum atomic E-state index is 5.43. The van der Waals surface area contributed by atoms with E-state index in [9.17, 15) is 0 Å². The average Bonchev–Trinajstić information content (AvgIpc) is 2.43. The molecule has 0 amide bonds. The molecule has 3 heteroatoms. The van der Waals surface area contributed by atoms with Crippen LogP contribution >= 0.6 is 0 Å². The number of piperidine rings is 1. The second-order valence-corrected chi connectivity index (χ2v) is 5.03. The number of ether oxygens (including phenoxy) is 1. The van der Waals surface area contributed by atoms with Gasteiger partial charge in [-0.2, -0.15) is 0 Å². The lowest BCUT2D eigenvalue weighted by Crippen LogP contribution is -2.56. The van der Waals surface area contributed by atoms with Gasteiger partial charge in [0.25, 0.3) is 0 Å². The number of likely N-dealkylation sites (tertiary alicyclic amines) is 1. The molecule has 2 rings (SSSR count). The number of morpholine rings is 1. The average molecular weight is 242 g/mol. The van der Waals surface area contributed by atoms with Crippen LogP contribution in [0.4, 0.5) is 0 Å². The number of hydrogen-bond acceptors (Lipinski definition) is 3. The van der Waals surface area contributed by atoms with Crippen LogP contribution in [0, 0.1) is 0 Å². The Morgan fingerprint density at radius 1 is 1.00 bits per heavy atom. The number of rotatable bonds is 2. The quantitative estimate of drug-likeness (QED) is 0.738. The van der Waals surface area contributed by atoms with Crippen molar-refractivity contribution in [3.63, 3.8) is 0 Å². The molecule has 0 spiro atoms. The van der Waals surface area contributed by atoms with Crippen LogP contribution in [0.2, 0.25) is 0 Å². The Morgan fingerprint density at radius 2 is 1.53 bits per heavy atom. The minimum atomic E-state index is 0.440. The summed E-state index contributed by atoms with van der Waals surface area (Å²) < 4.78 is 5.43. The molecular formula is C14H30N2O. The summed E-state index contributed by atoms with van der Waals surface area (Å²) in [7, 11) is 0. The van der Waals surface area contributed by atoms with Gasteiger partial charge in [0, 0.05) is 18.6 Å². The Morgan fingerprint density at radius 3 is 2.00 bits per heavy atom. The maximum Gasteiger partial charge on any atom is 0.0594 e. The van der Waals surface area contributed by atoms with Gasteiger partial charge in [-0.05, 0) is 39.4 Å². The lowest BCUT2D eigenvalue weighted by Gasteiger charge is -2.48. The molecule has 2 aliphatic heterocycles. The molecule has 102 valence electrons.